The fourth-order valence-electron chi connectivity index (χ4n) is 4.58. The zero-order chi connectivity index (χ0) is 24.5. The van der Waals surface area contributed by atoms with E-state index in [-0.39, 0.29) is 17.1 Å². The van der Waals surface area contributed by atoms with Crippen LogP contribution in [0.5, 0.6) is 0 Å². The van der Waals surface area contributed by atoms with E-state index in [0.717, 1.165) is 40.9 Å². The summed E-state index contributed by atoms with van der Waals surface area (Å²) in [6.07, 6.45) is 3.47. The van der Waals surface area contributed by atoms with Crippen LogP contribution in [-0.4, -0.2) is 30.1 Å². The maximum absolute atomic E-state index is 13.2. The molecule has 8 heteroatoms. The summed E-state index contributed by atoms with van der Waals surface area (Å²) in [5.41, 5.74) is 3.49. The van der Waals surface area contributed by atoms with Crippen LogP contribution in [0.4, 0.5) is 0 Å². The summed E-state index contributed by atoms with van der Waals surface area (Å²) in [6.45, 7) is 13.5. The first kappa shape index (κ1) is 23.9. The standard InChI is InChI=1S/C26H34N6O2/c1-7-9-22(24-28-29-30-32(24)26(4,5)6)31(16-21-10-8-11-34-21)15-20-14-19-13-17(2)12-18(3)23(19)27-25(20)33/h8,10-14,22H,7,9,15-16H2,1-6H3,(H,27,33)/t22-/m1/s1. The average molecular weight is 463 g/mol. The van der Waals surface area contributed by atoms with Gasteiger partial charge in [0, 0.05) is 12.1 Å². The lowest BCUT2D eigenvalue weighted by Crippen LogP contribution is -2.35. The molecule has 4 rings (SSSR count). The van der Waals surface area contributed by atoms with E-state index < -0.39 is 0 Å². The van der Waals surface area contributed by atoms with Gasteiger partial charge in [-0.1, -0.05) is 25.0 Å². The Balaban J connectivity index is 1.79. The molecule has 0 unspecified atom stereocenters. The Kier molecular flexibility index (Phi) is 6.70. The van der Waals surface area contributed by atoms with Gasteiger partial charge in [0.25, 0.3) is 5.56 Å². The van der Waals surface area contributed by atoms with Crippen LogP contribution < -0.4 is 5.56 Å². The normalized spacial score (nSPS) is 13.1. The lowest BCUT2D eigenvalue weighted by Gasteiger charge is -2.32. The summed E-state index contributed by atoms with van der Waals surface area (Å²) in [4.78, 5) is 18.5. The van der Waals surface area contributed by atoms with Crippen molar-refractivity contribution in [3.8, 4) is 0 Å². The second kappa shape index (κ2) is 9.54. The van der Waals surface area contributed by atoms with Crippen molar-refractivity contribution < 1.29 is 4.42 Å². The molecular formula is C26H34N6O2. The molecule has 3 heterocycles. The third-order valence-corrected chi connectivity index (χ3v) is 6.11. The van der Waals surface area contributed by atoms with Crippen LogP contribution in [0.15, 0.2) is 45.8 Å². The summed E-state index contributed by atoms with van der Waals surface area (Å²) in [5, 5.41) is 13.8. The molecule has 3 aromatic heterocycles. The van der Waals surface area contributed by atoms with Crippen LogP contribution in [0.25, 0.3) is 10.9 Å². The molecule has 1 aromatic carbocycles. The number of H-pyrrole nitrogens is 1. The van der Waals surface area contributed by atoms with Gasteiger partial charge in [-0.25, -0.2) is 4.68 Å². The Morgan fingerprint density at radius 2 is 1.97 bits per heavy atom. The summed E-state index contributed by atoms with van der Waals surface area (Å²) in [5.74, 6) is 1.63. The number of furan rings is 1. The summed E-state index contributed by atoms with van der Waals surface area (Å²) >= 11 is 0. The Morgan fingerprint density at radius 1 is 1.18 bits per heavy atom. The number of rotatable bonds is 8. The van der Waals surface area contributed by atoms with Gasteiger partial charge in [-0.15, -0.1) is 5.10 Å². The highest BCUT2D eigenvalue weighted by Gasteiger charge is 2.30. The highest BCUT2D eigenvalue weighted by Crippen LogP contribution is 2.30. The van der Waals surface area contributed by atoms with Gasteiger partial charge in [0.15, 0.2) is 5.82 Å². The van der Waals surface area contributed by atoms with Gasteiger partial charge in [-0.3, -0.25) is 9.69 Å². The second-order valence-electron chi connectivity index (χ2n) is 10.1. The lowest BCUT2D eigenvalue weighted by molar-refractivity contribution is 0.138. The molecule has 1 N–H and O–H groups in total. The predicted octanol–water partition coefficient (Wildman–Crippen LogP) is 5.02. The van der Waals surface area contributed by atoms with Crippen molar-refractivity contribution in [2.24, 2.45) is 0 Å². The van der Waals surface area contributed by atoms with Crippen LogP contribution in [0, 0.1) is 13.8 Å². The van der Waals surface area contributed by atoms with E-state index in [0.29, 0.717) is 18.7 Å². The Hall–Kier alpha value is -3.26. The van der Waals surface area contributed by atoms with E-state index in [9.17, 15) is 4.79 Å². The van der Waals surface area contributed by atoms with E-state index in [1.54, 1.807) is 6.26 Å². The third kappa shape index (κ3) is 4.97. The maximum Gasteiger partial charge on any atom is 0.252 e. The number of hydrogen-bond donors (Lipinski definition) is 1. The number of nitrogens with zero attached hydrogens (tertiary/aromatic N) is 5. The van der Waals surface area contributed by atoms with Gasteiger partial charge in [-0.05, 0) is 86.7 Å². The minimum absolute atomic E-state index is 0.0745. The first-order valence-electron chi connectivity index (χ1n) is 11.9. The van der Waals surface area contributed by atoms with Crippen molar-refractivity contribution in [2.75, 3.05) is 0 Å². The molecule has 0 aliphatic heterocycles. The highest BCUT2D eigenvalue weighted by molar-refractivity contribution is 5.82. The molecule has 0 saturated heterocycles. The molecule has 34 heavy (non-hydrogen) atoms. The van der Waals surface area contributed by atoms with Gasteiger partial charge in [0.1, 0.15) is 5.76 Å². The van der Waals surface area contributed by atoms with E-state index >= 15 is 0 Å². The monoisotopic (exact) mass is 462 g/mol. The third-order valence-electron chi connectivity index (χ3n) is 6.11. The molecule has 0 fully saturated rings. The number of tetrazole rings is 1. The van der Waals surface area contributed by atoms with Crippen molar-refractivity contribution in [3.63, 3.8) is 0 Å². The Morgan fingerprint density at radius 3 is 2.65 bits per heavy atom. The van der Waals surface area contributed by atoms with Crippen molar-refractivity contribution in [2.45, 2.75) is 79.1 Å². The number of aryl methyl sites for hydroxylation is 2. The van der Waals surface area contributed by atoms with Crippen LogP contribution in [0.3, 0.4) is 0 Å². The van der Waals surface area contributed by atoms with Crippen LogP contribution in [-0.2, 0) is 18.6 Å². The zero-order valence-electron chi connectivity index (χ0n) is 20.9. The number of aromatic amines is 1. The SMILES string of the molecule is CCC[C@H](c1nnnn1C(C)(C)C)N(Cc1ccco1)Cc1cc2cc(C)cc(C)c2[nH]c1=O. The number of aromatic nitrogens is 5. The van der Waals surface area contributed by atoms with Gasteiger partial charge in [0.05, 0.1) is 29.9 Å². The van der Waals surface area contributed by atoms with E-state index in [1.165, 1.54) is 5.56 Å². The maximum atomic E-state index is 13.2. The van der Waals surface area contributed by atoms with Crippen LogP contribution in [0.2, 0.25) is 0 Å². The van der Waals surface area contributed by atoms with Crippen LogP contribution >= 0.6 is 0 Å². The molecule has 0 bridgehead atoms. The summed E-state index contributed by atoms with van der Waals surface area (Å²) in [6, 6.07) is 9.97. The first-order valence-corrected chi connectivity index (χ1v) is 11.9. The van der Waals surface area contributed by atoms with E-state index in [1.807, 2.05) is 29.8 Å². The van der Waals surface area contributed by atoms with Crippen LogP contribution in [0.1, 0.15) is 74.9 Å². The molecule has 4 aromatic rings. The second-order valence-corrected chi connectivity index (χ2v) is 10.1. The van der Waals surface area contributed by atoms with E-state index in [2.05, 4.69) is 72.2 Å². The molecule has 1 atom stereocenters. The summed E-state index contributed by atoms with van der Waals surface area (Å²) in [7, 11) is 0. The Bertz CT molecular complexity index is 1310. The molecule has 0 amide bonds. The van der Waals surface area contributed by atoms with Crippen molar-refractivity contribution in [1.82, 2.24) is 30.1 Å². The minimum atomic E-state index is -0.267. The van der Waals surface area contributed by atoms with Gasteiger partial charge in [-0.2, -0.15) is 0 Å². The van der Waals surface area contributed by atoms with Crippen molar-refractivity contribution in [1.29, 1.82) is 0 Å². The average Bonchev–Trinajstić information content (AvgIpc) is 3.44. The number of fused-ring (bicyclic) bond motifs is 1. The fraction of sp³-hybridized carbons (Fsp3) is 0.462. The smallest absolute Gasteiger partial charge is 0.252 e. The van der Waals surface area contributed by atoms with E-state index in [4.69, 9.17) is 4.42 Å². The molecule has 0 aliphatic rings. The molecule has 0 saturated carbocycles. The Labute approximate surface area is 200 Å². The number of nitrogens with one attached hydrogen (secondary N) is 1. The molecule has 0 aliphatic carbocycles. The fourth-order valence-corrected chi connectivity index (χ4v) is 4.58. The van der Waals surface area contributed by atoms with Gasteiger partial charge >= 0.3 is 0 Å². The largest absolute Gasteiger partial charge is 0.468 e. The molecular weight excluding hydrogens is 428 g/mol. The summed E-state index contributed by atoms with van der Waals surface area (Å²) < 4.78 is 7.58. The number of hydrogen-bond acceptors (Lipinski definition) is 6. The number of pyridine rings is 1. The van der Waals surface area contributed by atoms with Crippen molar-refractivity contribution in [3.05, 3.63) is 75.2 Å². The lowest BCUT2D eigenvalue weighted by atomic mass is 10.0. The highest BCUT2D eigenvalue weighted by atomic mass is 16.3. The molecule has 0 spiro atoms. The van der Waals surface area contributed by atoms with Gasteiger partial charge < -0.3 is 9.40 Å². The molecule has 8 nitrogen and oxygen atoms in total. The molecule has 0 radical (unpaired) electrons. The molecule has 180 valence electrons. The van der Waals surface area contributed by atoms with Crippen molar-refractivity contribution >= 4 is 10.9 Å². The van der Waals surface area contributed by atoms with Gasteiger partial charge in [0.2, 0.25) is 0 Å². The predicted molar refractivity (Wildman–Crippen MR) is 132 cm³/mol. The zero-order valence-corrected chi connectivity index (χ0v) is 20.9. The number of benzene rings is 1. The first-order chi connectivity index (χ1) is 16.2. The quantitative estimate of drug-likeness (QED) is 0.395. The topological polar surface area (TPSA) is 92.8 Å². The minimum Gasteiger partial charge on any atom is -0.468 e.